The van der Waals surface area contributed by atoms with E-state index in [0.29, 0.717) is 24.0 Å². The normalized spacial score (nSPS) is 26.8. The molecule has 1 saturated carbocycles. The summed E-state index contributed by atoms with van der Waals surface area (Å²) < 4.78 is 6.64. The van der Waals surface area contributed by atoms with Gasteiger partial charge in [-0.1, -0.05) is 6.07 Å². The summed E-state index contributed by atoms with van der Waals surface area (Å²) in [5.41, 5.74) is 2.12. The number of tetrazole rings is 1. The second-order valence-electron chi connectivity index (χ2n) is 9.00. The molecule has 4 heterocycles. The van der Waals surface area contributed by atoms with Gasteiger partial charge in [0.05, 0.1) is 16.7 Å². The zero-order chi connectivity index (χ0) is 22.3. The number of amides is 1. The monoisotopic (exact) mass is 437 g/mol. The SMILES string of the molecule is CC1=C(N2CCC3(CCC(NC(C)c4ccc(-n5cnnn5)nc4)CC3)C2=O)COC1=O. The number of ether oxygens (including phenoxy) is 1. The van der Waals surface area contributed by atoms with Crippen LogP contribution in [0.25, 0.3) is 5.82 Å². The molecule has 0 bridgehead atoms. The molecule has 2 aliphatic heterocycles. The van der Waals surface area contributed by atoms with E-state index in [0.717, 1.165) is 43.4 Å². The highest BCUT2D eigenvalue weighted by Crippen LogP contribution is 2.46. The number of rotatable bonds is 5. The van der Waals surface area contributed by atoms with E-state index >= 15 is 0 Å². The van der Waals surface area contributed by atoms with E-state index in [2.05, 4.69) is 32.7 Å². The molecule has 2 aromatic rings. The maximum absolute atomic E-state index is 13.3. The average molecular weight is 438 g/mol. The third-order valence-corrected chi connectivity index (χ3v) is 7.20. The number of esters is 1. The van der Waals surface area contributed by atoms with E-state index in [4.69, 9.17) is 4.74 Å². The molecule has 1 aliphatic carbocycles. The Morgan fingerprint density at radius 2 is 2.03 bits per heavy atom. The Kier molecular flexibility index (Phi) is 5.24. The van der Waals surface area contributed by atoms with Crippen molar-refractivity contribution in [1.82, 2.24) is 35.4 Å². The van der Waals surface area contributed by atoms with Crippen molar-refractivity contribution in [1.29, 1.82) is 0 Å². The van der Waals surface area contributed by atoms with Gasteiger partial charge in [-0.2, -0.15) is 4.68 Å². The van der Waals surface area contributed by atoms with Crippen LogP contribution in [0.2, 0.25) is 0 Å². The van der Waals surface area contributed by atoms with Crippen LogP contribution in [-0.2, 0) is 14.3 Å². The van der Waals surface area contributed by atoms with Gasteiger partial charge in [-0.25, -0.2) is 9.78 Å². The summed E-state index contributed by atoms with van der Waals surface area (Å²) in [5.74, 6) is 0.532. The number of pyridine rings is 1. The third kappa shape index (κ3) is 3.58. The van der Waals surface area contributed by atoms with Crippen LogP contribution < -0.4 is 5.32 Å². The van der Waals surface area contributed by atoms with Crippen LogP contribution in [0, 0.1) is 5.41 Å². The molecule has 10 nitrogen and oxygen atoms in total. The molecule has 1 saturated heterocycles. The van der Waals surface area contributed by atoms with Gasteiger partial charge in [0.15, 0.2) is 5.82 Å². The highest BCUT2D eigenvalue weighted by Gasteiger charge is 2.50. The van der Waals surface area contributed by atoms with E-state index in [1.807, 2.05) is 18.3 Å². The first-order chi connectivity index (χ1) is 15.5. The second-order valence-corrected chi connectivity index (χ2v) is 9.00. The van der Waals surface area contributed by atoms with Gasteiger partial charge in [0.1, 0.15) is 12.9 Å². The molecule has 168 valence electrons. The van der Waals surface area contributed by atoms with Gasteiger partial charge < -0.3 is 15.0 Å². The quantitative estimate of drug-likeness (QED) is 0.703. The lowest BCUT2D eigenvalue weighted by Crippen LogP contribution is -2.42. The molecule has 0 radical (unpaired) electrons. The molecular weight excluding hydrogens is 410 g/mol. The molecular formula is C22H27N7O3. The first kappa shape index (κ1) is 20.7. The molecule has 1 amide bonds. The van der Waals surface area contributed by atoms with Gasteiger partial charge in [0, 0.05) is 24.8 Å². The predicted octanol–water partition coefficient (Wildman–Crippen LogP) is 1.70. The standard InChI is InChI=1S/C22H27N7O3/c1-14-18(12-32-20(14)30)28-10-9-22(21(28)31)7-5-17(6-8-22)25-15(2)16-3-4-19(23-11-16)29-13-24-26-27-29/h3-4,11,13,15,17,25H,5-10,12H2,1-2H3. The fourth-order valence-corrected chi connectivity index (χ4v) is 5.13. The van der Waals surface area contributed by atoms with Crippen LogP contribution in [0.1, 0.15) is 57.6 Å². The third-order valence-electron chi connectivity index (χ3n) is 7.20. The average Bonchev–Trinajstić information content (AvgIpc) is 3.53. The molecule has 1 atom stereocenters. The van der Waals surface area contributed by atoms with Gasteiger partial charge in [0.25, 0.3) is 0 Å². The molecule has 5 rings (SSSR count). The van der Waals surface area contributed by atoms with Crippen molar-refractivity contribution in [3.63, 3.8) is 0 Å². The van der Waals surface area contributed by atoms with Crippen LogP contribution in [-0.4, -0.2) is 61.2 Å². The molecule has 32 heavy (non-hydrogen) atoms. The summed E-state index contributed by atoms with van der Waals surface area (Å²) >= 11 is 0. The van der Waals surface area contributed by atoms with E-state index in [1.165, 1.54) is 11.0 Å². The van der Waals surface area contributed by atoms with Crippen LogP contribution in [0.15, 0.2) is 35.9 Å². The Morgan fingerprint density at radius 1 is 1.22 bits per heavy atom. The molecule has 1 spiro atoms. The Labute approximate surface area is 186 Å². The molecule has 3 aliphatic rings. The van der Waals surface area contributed by atoms with Crippen LogP contribution in [0.3, 0.4) is 0 Å². The minimum absolute atomic E-state index is 0.148. The summed E-state index contributed by atoms with van der Waals surface area (Å²) in [6, 6.07) is 4.44. The smallest absolute Gasteiger partial charge is 0.336 e. The Morgan fingerprint density at radius 3 is 2.66 bits per heavy atom. The summed E-state index contributed by atoms with van der Waals surface area (Å²) in [6.45, 7) is 4.77. The first-order valence-corrected chi connectivity index (χ1v) is 11.1. The number of hydrogen-bond acceptors (Lipinski definition) is 8. The molecule has 2 aromatic heterocycles. The summed E-state index contributed by atoms with van der Waals surface area (Å²) in [7, 11) is 0. The van der Waals surface area contributed by atoms with E-state index < -0.39 is 0 Å². The maximum atomic E-state index is 13.3. The highest BCUT2D eigenvalue weighted by molar-refractivity contribution is 5.94. The fourth-order valence-electron chi connectivity index (χ4n) is 5.13. The topological polar surface area (TPSA) is 115 Å². The zero-order valence-electron chi connectivity index (χ0n) is 18.3. The number of hydrogen-bond donors (Lipinski definition) is 1. The van der Waals surface area contributed by atoms with Gasteiger partial charge in [-0.3, -0.25) is 4.79 Å². The van der Waals surface area contributed by atoms with Gasteiger partial charge in [-0.15, -0.1) is 5.10 Å². The lowest BCUT2D eigenvalue weighted by atomic mass is 9.71. The largest absolute Gasteiger partial charge is 0.456 e. The minimum atomic E-state index is -0.309. The van der Waals surface area contributed by atoms with Crippen LogP contribution in [0.5, 0.6) is 0 Å². The lowest BCUT2D eigenvalue weighted by Gasteiger charge is -2.37. The number of cyclic esters (lactones) is 1. The number of carbonyl (C=O) groups is 2. The zero-order valence-corrected chi connectivity index (χ0v) is 18.3. The van der Waals surface area contributed by atoms with Crippen molar-refractivity contribution in [3.8, 4) is 5.82 Å². The number of nitrogens with one attached hydrogen (secondary N) is 1. The number of aromatic nitrogens is 5. The fraction of sp³-hybridized carbons (Fsp3) is 0.545. The van der Waals surface area contributed by atoms with Crippen LogP contribution >= 0.6 is 0 Å². The van der Waals surface area contributed by atoms with Crippen molar-refractivity contribution < 1.29 is 14.3 Å². The molecule has 10 heteroatoms. The predicted molar refractivity (Wildman–Crippen MR) is 113 cm³/mol. The second kappa shape index (κ2) is 8.09. The number of nitrogens with zero attached hydrogens (tertiary/aromatic N) is 6. The Balaban J connectivity index is 1.18. The molecule has 0 aromatic carbocycles. The molecule has 1 unspecified atom stereocenters. The lowest BCUT2D eigenvalue weighted by molar-refractivity contribution is -0.138. The van der Waals surface area contributed by atoms with E-state index in [1.54, 1.807) is 11.8 Å². The van der Waals surface area contributed by atoms with Gasteiger partial charge in [0.2, 0.25) is 5.91 Å². The van der Waals surface area contributed by atoms with E-state index in [9.17, 15) is 9.59 Å². The molecule has 2 fully saturated rings. The number of carbonyl (C=O) groups excluding carboxylic acids is 2. The van der Waals surface area contributed by atoms with Gasteiger partial charge >= 0.3 is 5.97 Å². The minimum Gasteiger partial charge on any atom is -0.456 e. The maximum Gasteiger partial charge on any atom is 0.336 e. The Bertz CT molecular complexity index is 1040. The van der Waals surface area contributed by atoms with Crippen LogP contribution in [0.4, 0.5) is 0 Å². The van der Waals surface area contributed by atoms with Crippen molar-refractivity contribution in [2.45, 2.75) is 58.0 Å². The highest BCUT2D eigenvalue weighted by atomic mass is 16.5. The van der Waals surface area contributed by atoms with Crippen molar-refractivity contribution in [3.05, 3.63) is 41.5 Å². The summed E-state index contributed by atoms with van der Waals surface area (Å²) in [5, 5.41) is 14.8. The number of likely N-dealkylation sites (tertiary alicyclic amines) is 1. The van der Waals surface area contributed by atoms with E-state index in [-0.39, 0.29) is 29.9 Å². The summed E-state index contributed by atoms with van der Waals surface area (Å²) in [6.07, 6.45) is 7.85. The van der Waals surface area contributed by atoms with Gasteiger partial charge in [-0.05, 0) is 68.0 Å². The van der Waals surface area contributed by atoms with Crippen molar-refractivity contribution in [2.75, 3.05) is 13.2 Å². The Hall–Kier alpha value is -3.14. The van der Waals surface area contributed by atoms with Crippen molar-refractivity contribution >= 4 is 11.9 Å². The van der Waals surface area contributed by atoms with Crippen molar-refractivity contribution in [2.24, 2.45) is 5.41 Å². The first-order valence-electron chi connectivity index (χ1n) is 11.1. The summed E-state index contributed by atoms with van der Waals surface area (Å²) in [4.78, 5) is 31.3. The molecule has 1 N–H and O–H groups in total.